The fraction of sp³-hybridized carbons (Fsp3) is 0.579. The number of benzene rings is 1. The Labute approximate surface area is 163 Å². The molecule has 0 saturated heterocycles. The Bertz CT molecular complexity index is 650. The highest BCUT2D eigenvalue weighted by Crippen LogP contribution is 2.38. The zero-order valence-electron chi connectivity index (χ0n) is 14.8. The molecule has 3 rings (SSSR count). The molecule has 0 spiro atoms. The highest BCUT2D eigenvalue weighted by atomic mass is 35.5. The van der Waals surface area contributed by atoms with Crippen molar-refractivity contribution in [1.29, 1.82) is 0 Å². The summed E-state index contributed by atoms with van der Waals surface area (Å²) in [6, 6.07) is 5.38. The molecule has 0 bridgehead atoms. The van der Waals surface area contributed by atoms with Crippen LogP contribution in [-0.2, 0) is 14.3 Å². The molecule has 1 aliphatic heterocycles. The van der Waals surface area contributed by atoms with E-state index in [0.29, 0.717) is 30.0 Å². The van der Waals surface area contributed by atoms with Crippen LogP contribution < -0.4 is 10.6 Å². The van der Waals surface area contributed by atoms with Crippen molar-refractivity contribution in [3.63, 3.8) is 0 Å². The molecule has 1 fully saturated rings. The van der Waals surface area contributed by atoms with Gasteiger partial charge in [-0.25, -0.2) is 0 Å². The van der Waals surface area contributed by atoms with E-state index < -0.39 is 5.25 Å². The molecule has 1 saturated carbocycles. The van der Waals surface area contributed by atoms with E-state index in [9.17, 15) is 9.59 Å². The van der Waals surface area contributed by atoms with E-state index in [-0.39, 0.29) is 18.2 Å². The SMILES string of the molecule is O=C(CC1Sc2ccc(Cl)cc2NC1=O)NCCCOC1CCCCC1. The molecule has 0 aromatic heterocycles. The zero-order chi connectivity index (χ0) is 18.4. The van der Waals surface area contributed by atoms with Gasteiger partial charge in [-0.1, -0.05) is 30.9 Å². The molecule has 0 radical (unpaired) electrons. The maximum Gasteiger partial charge on any atom is 0.238 e. The lowest BCUT2D eigenvalue weighted by atomic mass is 9.98. The van der Waals surface area contributed by atoms with Gasteiger partial charge in [0, 0.05) is 29.5 Å². The van der Waals surface area contributed by atoms with Gasteiger partial charge in [0.1, 0.15) is 0 Å². The van der Waals surface area contributed by atoms with Crippen LogP contribution in [0, 0.1) is 0 Å². The van der Waals surface area contributed by atoms with Crippen LogP contribution in [-0.4, -0.2) is 36.3 Å². The summed E-state index contributed by atoms with van der Waals surface area (Å²) in [5.41, 5.74) is 0.712. The number of fused-ring (bicyclic) bond motifs is 1. The molecule has 1 unspecified atom stereocenters. The molecule has 1 heterocycles. The minimum Gasteiger partial charge on any atom is -0.378 e. The fourth-order valence-electron chi connectivity index (χ4n) is 3.28. The lowest BCUT2D eigenvalue weighted by Gasteiger charge is -2.24. The molecule has 1 atom stereocenters. The fourth-order valence-corrected chi connectivity index (χ4v) is 4.54. The number of nitrogens with one attached hydrogen (secondary N) is 2. The van der Waals surface area contributed by atoms with Crippen LogP contribution >= 0.6 is 23.4 Å². The Hall–Kier alpha value is -1.24. The molecule has 1 aromatic rings. The third-order valence-electron chi connectivity index (χ3n) is 4.68. The van der Waals surface area contributed by atoms with Gasteiger partial charge in [-0.15, -0.1) is 11.8 Å². The first-order valence-electron chi connectivity index (χ1n) is 9.27. The topological polar surface area (TPSA) is 67.4 Å². The molecule has 7 heteroatoms. The van der Waals surface area contributed by atoms with E-state index in [1.54, 1.807) is 12.1 Å². The smallest absolute Gasteiger partial charge is 0.238 e. The number of carbonyl (C=O) groups is 2. The lowest BCUT2D eigenvalue weighted by molar-refractivity contribution is -0.124. The van der Waals surface area contributed by atoms with Gasteiger partial charge in [0.05, 0.1) is 17.0 Å². The zero-order valence-corrected chi connectivity index (χ0v) is 16.3. The van der Waals surface area contributed by atoms with Crippen molar-refractivity contribution >= 4 is 40.9 Å². The van der Waals surface area contributed by atoms with Crippen LogP contribution in [0.15, 0.2) is 23.1 Å². The van der Waals surface area contributed by atoms with Crippen molar-refractivity contribution < 1.29 is 14.3 Å². The van der Waals surface area contributed by atoms with Gasteiger partial charge < -0.3 is 15.4 Å². The van der Waals surface area contributed by atoms with E-state index in [1.807, 2.05) is 6.07 Å². The highest BCUT2D eigenvalue weighted by molar-refractivity contribution is 8.01. The number of hydrogen-bond donors (Lipinski definition) is 2. The average molecular weight is 397 g/mol. The van der Waals surface area contributed by atoms with E-state index in [4.69, 9.17) is 16.3 Å². The Morgan fingerprint density at radius 1 is 1.31 bits per heavy atom. The first-order chi connectivity index (χ1) is 12.6. The Balaban J connectivity index is 1.35. The number of ether oxygens (including phenoxy) is 1. The van der Waals surface area contributed by atoms with Crippen LogP contribution in [0.3, 0.4) is 0 Å². The third kappa shape index (κ3) is 5.63. The minimum atomic E-state index is -0.415. The number of rotatable bonds is 7. The number of halogens is 1. The molecule has 5 nitrogen and oxygen atoms in total. The largest absolute Gasteiger partial charge is 0.378 e. The Kier molecular flexibility index (Phi) is 7.23. The lowest BCUT2D eigenvalue weighted by Crippen LogP contribution is -2.35. The molecule has 1 aromatic carbocycles. The number of thioether (sulfide) groups is 1. The predicted octanol–water partition coefficient (Wildman–Crippen LogP) is 4.00. The van der Waals surface area contributed by atoms with Crippen molar-refractivity contribution in [2.75, 3.05) is 18.5 Å². The summed E-state index contributed by atoms with van der Waals surface area (Å²) in [6.07, 6.45) is 7.53. The Morgan fingerprint density at radius 3 is 2.92 bits per heavy atom. The minimum absolute atomic E-state index is 0.104. The molecule has 142 valence electrons. The Morgan fingerprint density at radius 2 is 2.12 bits per heavy atom. The second-order valence-electron chi connectivity index (χ2n) is 6.77. The van der Waals surface area contributed by atoms with Gasteiger partial charge in [0.15, 0.2) is 0 Å². The monoisotopic (exact) mass is 396 g/mol. The number of hydrogen-bond acceptors (Lipinski definition) is 4. The molecule has 2 N–H and O–H groups in total. The van der Waals surface area contributed by atoms with Crippen molar-refractivity contribution in [2.45, 2.75) is 61.2 Å². The van der Waals surface area contributed by atoms with Crippen molar-refractivity contribution in [2.24, 2.45) is 0 Å². The first-order valence-corrected chi connectivity index (χ1v) is 10.5. The summed E-state index contributed by atoms with van der Waals surface area (Å²) >= 11 is 7.35. The second kappa shape index (κ2) is 9.62. The van der Waals surface area contributed by atoms with Crippen molar-refractivity contribution in [1.82, 2.24) is 5.32 Å². The first kappa shape index (κ1) is 19.5. The van der Waals surface area contributed by atoms with Crippen LogP contribution in [0.2, 0.25) is 5.02 Å². The molecule has 2 aliphatic rings. The number of anilines is 1. The van der Waals surface area contributed by atoms with Gasteiger partial charge in [0.2, 0.25) is 11.8 Å². The maximum absolute atomic E-state index is 12.2. The summed E-state index contributed by atoms with van der Waals surface area (Å²) in [4.78, 5) is 25.2. The summed E-state index contributed by atoms with van der Waals surface area (Å²) in [7, 11) is 0. The maximum atomic E-state index is 12.2. The summed E-state index contributed by atoms with van der Waals surface area (Å²) in [5, 5.41) is 5.88. The molecular formula is C19H25ClN2O3S. The van der Waals surface area contributed by atoms with Crippen LogP contribution in [0.4, 0.5) is 5.69 Å². The van der Waals surface area contributed by atoms with E-state index in [2.05, 4.69) is 10.6 Å². The van der Waals surface area contributed by atoms with Crippen LogP contribution in [0.5, 0.6) is 0 Å². The quantitative estimate of drug-likeness (QED) is 0.683. The highest BCUT2D eigenvalue weighted by Gasteiger charge is 2.29. The van der Waals surface area contributed by atoms with Gasteiger partial charge >= 0.3 is 0 Å². The number of amides is 2. The molecule has 26 heavy (non-hydrogen) atoms. The van der Waals surface area contributed by atoms with E-state index in [1.165, 1.54) is 31.0 Å². The van der Waals surface area contributed by atoms with E-state index >= 15 is 0 Å². The third-order valence-corrected chi connectivity index (χ3v) is 6.19. The standard InChI is InChI=1S/C19H25ClN2O3S/c20-13-7-8-16-15(11-13)22-19(24)17(26-16)12-18(23)21-9-4-10-25-14-5-2-1-3-6-14/h7-8,11,14,17H,1-6,9-10,12H2,(H,21,23)(H,22,24). The van der Waals surface area contributed by atoms with Crippen LogP contribution in [0.1, 0.15) is 44.9 Å². The van der Waals surface area contributed by atoms with Crippen LogP contribution in [0.25, 0.3) is 0 Å². The van der Waals surface area contributed by atoms with Gasteiger partial charge in [-0.2, -0.15) is 0 Å². The molecule has 2 amide bonds. The van der Waals surface area contributed by atoms with Gasteiger partial charge in [-0.3, -0.25) is 9.59 Å². The predicted molar refractivity (Wildman–Crippen MR) is 105 cm³/mol. The van der Waals surface area contributed by atoms with E-state index in [0.717, 1.165) is 24.2 Å². The van der Waals surface area contributed by atoms with Crippen molar-refractivity contribution in [3.8, 4) is 0 Å². The number of carbonyl (C=O) groups excluding carboxylic acids is 2. The molecular weight excluding hydrogens is 372 g/mol. The summed E-state index contributed by atoms with van der Waals surface area (Å²) < 4.78 is 5.85. The summed E-state index contributed by atoms with van der Waals surface area (Å²) in [5.74, 6) is -0.256. The van der Waals surface area contributed by atoms with Gasteiger partial charge in [-0.05, 0) is 37.5 Å². The normalized spacial score (nSPS) is 20.3. The summed E-state index contributed by atoms with van der Waals surface area (Å²) in [6.45, 7) is 1.26. The van der Waals surface area contributed by atoms with Gasteiger partial charge in [0.25, 0.3) is 0 Å². The second-order valence-corrected chi connectivity index (χ2v) is 8.46. The molecule has 1 aliphatic carbocycles. The average Bonchev–Trinajstić information content (AvgIpc) is 2.63. The van der Waals surface area contributed by atoms with Crippen molar-refractivity contribution in [3.05, 3.63) is 23.2 Å².